The van der Waals surface area contributed by atoms with Gasteiger partial charge in [0, 0.05) is 10.0 Å². The molecule has 144 valence electrons. The van der Waals surface area contributed by atoms with E-state index in [2.05, 4.69) is 25.4 Å². The van der Waals surface area contributed by atoms with E-state index in [1.54, 1.807) is 18.2 Å². The topological polar surface area (TPSA) is 99.2 Å². The number of hydrogen-bond acceptors (Lipinski definition) is 8. The van der Waals surface area contributed by atoms with E-state index in [0.29, 0.717) is 27.5 Å². The fourth-order valence-corrected chi connectivity index (χ4v) is 3.47. The van der Waals surface area contributed by atoms with Crippen molar-refractivity contribution in [3.63, 3.8) is 0 Å². The molecule has 10 heteroatoms. The van der Waals surface area contributed by atoms with Gasteiger partial charge >= 0.3 is 11.9 Å². The summed E-state index contributed by atoms with van der Waals surface area (Å²) in [5, 5.41) is -0.573. The highest BCUT2D eigenvalue weighted by molar-refractivity contribution is 9.10. The number of methoxy groups -OCH3 is 2. The summed E-state index contributed by atoms with van der Waals surface area (Å²) in [6.45, 7) is 1.11. The second-order valence-electron chi connectivity index (χ2n) is 5.30. The first-order valence-electron chi connectivity index (χ1n) is 7.62. The van der Waals surface area contributed by atoms with E-state index in [1.807, 2.05) is 0 Å². The van der Waals surface area contributed by atoms with E-state index in [1.165, 1.54) is 27.2 Å². The maximum Gasteiger partial charge on any atom is 0.343 e. The number of thioether (sulfide) groups is 1. The number of esters is 2. The summed E-state index contributed by atoms with van der Waals surface area (Å²) in [6.07, 6.45) is 1.46. The van der Waals surface area contributed by atoms with Gasteiger partial charge in [0.05, 0.1) is 19.1 Å². The van der Waals surface area contributed by atoms with Gasteiger partial charge in [-0.2, -0.15) is 0 Å². The highest BCUT2D eigenvalue weighted by Crippen LogP contribution is 2.36. The van der Waals surface area contributed by atoms with Crippen molar-refractivity contribution in [2.45, 2.75) is 13.0 Å². The summed E-state index contributed by atoms with van der Waals surface area (Å²) in [5.74, 6) is -1.53. The molecule has 0 radical (unpaired) electrons. The van der Waals surface area contributed by atoms with Crippen LogP contribution in [-0.2, 0) is 23.9 Å². The molecule has 0 N–H and O–H groups in total. The lowest BCUT2D eigenvalue weighted by atomic mass is 10.1. The van der Waals surface area contributed by atoms with Gasteiger partial charge < -0.3 is 14.2 Å². The van der Waals surface area contributed by atoms with Crippen molar-refractivity contribution in [3.05, 3.63) is 33.1 Å². The van der Waals surface area contributed by atoms with E-state index in [9.17, 15) is 19.2 Å². The van der Waals surface area contributed by atoms with Crippen molar-refractivity contribution in [2.75, 3.05) is 20.8 Å². The van der Waals surface area contributed by atoms with Crippen molar-refractivity contribution >= 4 is 56.9 Å². The minimum atomic E-state index is -1.04. The SMILES string of the molecule is COC(=O)COc1ccc(Br)cc1/C=C1/SC(=O)N([C@H](C)C(=O)OC)C1=O. The largest absolute Gasteiger partial charge is 0.481 e. The third-order valence-corrected chi connectivity index (χ3v) is 4.96. The van der Waals surface area contributed by atoms with E-state index in [4.69, 9.17) is 4.74 Å². The molecule has 0 aromatic heterocycles. The molecule has 27 heavy (non-hydrogen) atoms. The summed E-state index contributed by atoms with van der Waals surface area (Å²) in [6, 6.07) is 3.95. The van der Waals surface area contributed by atoms with Crippen molar-refractivity contribution in [1.29, 1.82) is 0 Å². The molecule has 2 rings (SSSR count). The molecule has 1 fully saturated rings. The van der Waals surface area contributed by atoms with Crippen molar-refractivity contribution in [3.8, 4) is 5.75 Å². The second-order valence-corrected chi connectivity index (χ2v) is 7.21. The minimum Gasteiger partial charge on any atom is -0.481 e. The van der Waals surface area contributed by atoms with Crippen LogP contribution in [-0.4, -0.2) is 54.9 Å². The van der Waals surface area contributed by atoms with Gasteiger partial charge in [0.25, 0.3) is 11.1 Å². The molecule has 1 aliphatic heterocycles. The molecule has 1 saturated heterocycles. The average molecular weight is 458 g/mol. The molecular formula is C17H16BrNO7S. The van der Waals surface area contributed by atoms with Crippen LogP contribution in [0.15, 0.2) is 27.6 Å². The van der Waals surface area contributed by atoms with E-state index < -0.39 is 29.1 Å². The number of halogens is 1. The van der Waals surface area contributed by atoms with Crippen molar-refractivity contribution < 1.29 is 33.4 Å². The number of hydrogen-bond donors (Lipinski definition) is 0. The number of nitrogens with zero attached hydrogens (tertiary/aromatic N) is 1. The van der Waals surface area contributed by atoms with Crippen LogP contribution in [0.1, 0.15) is 12.5 Å². The van der Waals surface area contributed by atoms with Crippen LogP contribution < -0.4 is 4.74 Å². The molecule has 1 aliphatic rings. The highest BCUT2D eigenvalue weighted by Gasteiger charge is 2.41. The lowest BCUT2D eigenvalue weighted by Gasteiger charge is -2.18. The van der Waals surface area contributed by atoms with E-state index in [-0.39, 0.29) is 11.5 Å². The fourth-order valence-electron chi connectivity index (χ4n) is 2.19. The summed E-state index contributed by atoms with van der Waals surface area (Å²) in [5.41, 5.74) is 0.476. The van der Waals surface area contributed by atoms with Crippen LogP contribution in [0, 0.1) is 0 Å². The quantitative estimate of drug-likeness (QED) is 0.474. The number of benzene rings is 1. The molecule has 1 aromatic carbocycles. The van der Waals surface area contributed by atoms with Crippen molar-refractivity contribution in [1.82, 2.24) is 4.90 Å². The molecule has 0 aliphatic carbocycles. The lowest BCUT2D eigenvalue weighted by Crippen LogP contribution is -2.42. The fraction of sp³-hybridized carbons (Fsp3) is 0.294. The lowest BCUT2D eigenvalue weighted by molar-refractivity contribution is -0.148. The summed E-state index contributed by atoms with van der Waals surface area (Å²) >= 11 is 4.03. The first-order valence-corrected chi connectivity index (χ1v) is 9.23. The maximum absolute atomic E-state index is 12.6. The number of carbonyl (C=O) groups is 4. The molecule has 1 aromatic rings. The van der Waals surface area contributed by atoms with Crippen LogP contribution in [0.25, 0.3) is 6.08 Å². The molecule has 8 nitrogen and oxygen atoms in total. The Morgan fingerprint density at radius 2 is 1.96 bits per heavy atom. The molecule has 0 spiro atoms. The Kier molecular flexibility index (Phi) is 7.03. The monoisotopic (exact) mass is 457 g/mol. The zero-order valence-corrected chi connectivity index (χ0v) is 17.1. The van der Waals surface area contributed by atoms with Crippen LogP contribution in [0.4, 0.5) is 4.79 Å². The number of carbonyl (C=O) groups excluding carboxylic acids is 4. The average Bonchev–Trinajstić information content (AvgIpc) is 2.92. The van der Waals surface area contributed by atoms with Gasteiger partial charge in [-0.3, -0.25) is 14.5 Å². The molecule has 1 heterocycles. The highest BCUT2D eigenvalue weighted by atomic mass is 79.9. The summed E-state index contributed by atoms with van der Waals surface area (Å²) in [4.78, 5) is 48.7. The van der Waals surface area contributed by atoms with Gasteiger partial charge in [0.15, 0.2) is 6.61 Å². The molecule has 0 saturated carbocycles. The predicted octanol–water partition coefficient (Wildman–Crippen LogP) is 2.60. The number of rotatable bonds is 6. The van der Waals surface area contributed by atoms with Gasteiger partial charge in [0.1, 0.15) is 11.8 Å². The number of amides is 2. The Balaban J connectivity index is 2.31. The smallest absolute Gasteiger partial charge is 0.343 e. The number of ether oxygens (including phenoxy) is 3. The molecule has 0 unspecified atom stereocenters. The predicted molar refractivity (Wildman–Crippen MR) is 101 cm³/mol. The van der Waals surface area contributed by atoms with Crippen LogP contribution in [0.5, 0.6) is 5.75 Å². The van der Waals surface area contributed by atoms with Crippen molar-refractivity contribution in [2.24, 2.45) is 0 Å². The van der Waals surface area contributed by atoms with E-state index >= 15 is 0 Å². The number of imide groups is 1. The first-order chi connectivity index (χ1) is 12.8. The summed E-state index contributed by atoms with van der Waals surface area (Å²) in [7, 11) is 2.42. The summed E-state index contributed by atoms with van der Waals surface area (Å²) < 4.78 is 15.2. The Morgan fingerprint density at radius 1 is 1.26 bits per heavy atom. The minimum absolute atomic E-state index is 0.122. The molecule has 2 amide bonds. The Bertz CT molecular complexity index is 823. The third-order valence-electron chi connectivity index (χ3n) is 3.58. The van der Waals surface area contributed by atoms with Crippen LogP contribution in [0.2, 0.25) is 0 Å². The van der Waals surface area contributed by atoms with Gasteiger partial charge in [0.2, 0.25) is 0 Å². The zero-order chi connectivity index (χ0) is 20.1. The van der Waals surface area contributed by atoms with Gasteiger partial charge in [-0.1, -0.05) is 15.9 Å². The van der Waals surface area contributed by atoms with Gasteiger partial charge in [-0.15, -0.1) is 0 Å². The van der Waals surface area contributed by atoms with Crippen LogP contribution >= 0.6 is 27.7 Å². The van der Waals surface area contributed by atoms with Gasteiger partial charge in [-0.05, 0) is 43.0 Å². The first kappa shape index (κ1) is 21.0. The Labute approximate surface area is 167 Å². The zero-order valence-electron chi connectivity index (χ0n) is 14.7. The maximum atomic E-state index is 12.6. The van der Waals surface area contributed by atoms with Gasteiger partial charge in [-0.25, -0.2) is 9.59 Å². The Morgan fingerprint density at radius 3 is 2.59 bits per heavy atom. The normalized spacial score (nSPS) is 16.4. The molecule has 0 bridgehead atoms. The van der Waals surface area contributed by atoms with Crippen LogP contribution in [0.3, 0.4) is 0 Å². The second kappa shape index (κ2) is 9.05. The molecule has 1 atom stereocenters. The standard InChI is InChI=1S/C17H16BrNO7S/c1-9(16(22)25-3)19-15(21)13(27-17(19)23)7-10-6-11(18)4-5-12(10)26-8-14(20)24-2/h4-7,9H,8H2,1-3H3/b13-7+/t9-/m1/s1. The Hall–Kier alpha value is -2.33. The molecular weight excluding hydrogens is 442 g/mol. The third kappa shape index (κ3) is 4.89. The van der Waals surface area contributed by atoms with E-state index in [0.717, 1.165) is 4.90 Å².